The molecular formula is C7H3I2NO3S. The Morgan fingerprint density at radius 3 is 2.71 bits per heavy atom. The van der Waals surface area contributed by atoms with Gasteiger partial charge in [0, 0.05) is 9.13 Å². The highest BCUT2D eigenvalue weighted by Gasteiger charge is 2.21. The van der Waals surface area contributed by atoms with Crippen LogP contribution in [0, 0.1) is 7.14 Å². The zero-order valence-electron chi connectivity index (χ0n) is 6.57. The van der Waals surface area contributed by atoms with Crippen molar-refractivity contribution in [2.75, 3.05) is 0 Å². The second-order valence-corrected chi connectivity index (χ2v) is 6.19. The van der Waals surface area contributed by atoms with E-state index >= 15 is 0 Å². The first-order valence-electron chi connectivity index (χ1n) is 3.47. The molecule has 0 atom stereocenters. The van der Waals surface area contributed by atoms with Crippen molar-refractivity contribution in [3.05, 3.63) is 24.8 Å². The third-order valence-electron chi connectivity index (χ3n) is 1.55. The molecule has 0 N–H and O–H groups in total. The van der Waals surface area contributed by atoms with Crippen molar-refractivity contribution in [1.82, 2.24) is 0 Å². The monoisotopic (exact) mass is 435 g/mol. The van der Waals surface area contributed by atoms with Crippen molar-refractivity contribution in [3.63, 3.8) is 0 Å². The van der Waals surface area contributed by atoms with E-state index in [1.807, 2.05) is 34.7 Å². The van der Waals surface area contributed by atoms with E-state index in [1.54, 1.807) is 0 Å². The summed E-state index contributed by atoms with van der Waals surface area (Å²) >= 11 is 4.18. The Morgan fingerprint density at radius 1 is 1.29 bits per heavy atom. The van der Waals surface area contributed by atoms with Crippen LogP contribution in [0.3, 0.4) is 0 Å². The van der Waals surface area contributed by atoms with Gasteiger partial charge in [-0.3, -0.25) is 0 Å². The van der Waals surface area contributed by atoms with Crippen LogP contribution < -0.4 is 4.18 Å². The Balaban J connectivity index is 2.68. The average Bonchev–Trinajstić information content (AvgIpc) is 2.06. The van der Waals surface area contributed by atoms with Gasteiger partial charge in [0.15, 0.2) is 5.75 Å². The summed E-state index contributed by atoms with van der Waals surface area (Å²) in [5, 5.41) is 0. The molecule has 74 valence electrons. The Hall–Kier alpha value is 0.1000. The maximum absolute atomic E-state index is 11.0. The molecule has 0 fully saturated rings. The topological polar surface area (TPSA) is 55.7 Å². The van der Waals surface area contributed by atoms with Crippen LogP contribution in [0.4, 0.5) is 0 Å². The van der Waals surface area contributed by atoms with Gasteiger partial charge in [-0.15, -0.1) is 4.40 Å². The third-order valence-corrected chi connectivity index (χ3v) is 3.71. The van der Waals surface area contributed by atoms with Crippen LogP contribution in [0.15, 0.2) is 16.5 Å². The second kappa shape index (κ2) is 3.59. The number of rotatable bonds is 0. The molecule has 0 saturated carbocycles. The fraction of sp³-hybridized carbons (Fsp3) is 0. The summed E-state index contributed by atoms with van der Waals surface area (Å²) in [6.45, 7) is 0. The van der Waals surface area contributed by atoms with E-state index in [-0.39, 0.29) is 0 Å². The van der Waals surface area contributed by atoms with Crippen LogP contribution in [-0.4, -0.2) is 14.6 Å². The lowest BCUT2D eigenvalue weighted by Crippen LogP contribution is -2.13. The minimum absolute atomic E-state index is 0.362. The quantitative estimate of drug-likeness (QED) is 0.586. The van der Waals surface area contributed by atoms with Gasteiger partial charge in [-0.05, 0) is 57.3 Å². The van der Waals surface area contributed by atoms with Crippen LogP contribution in [0.25, 0.3) is 0 Å². The van der Waals surface area contributed by atoms with Gasteiger partial charge >= 0.3 is 10.3 Å². The Morgan fingerprint density at radius 2 is 2.00 bits per heavy atom. The zero-order chi connectivity index (χ0) is 10.3. The summed E-state index contributed by atoms with van der Waals surface area (Å²) in [5.41, 5.74) is 0.691. The number of halogens is 2. The molecule has 0 spiro atoms. The van der Waals surface area contributed by atoms with Gasteiger partial charge in [-0.25, -0.2) is 0 Å². The van der Waals surface area contributed by atoms with E-state index < -0.39 is 10.3 Å². The van der Waals surface area contributed by atoms with Gasteiger partial charge in [-0.1, -0.05) is 0 Å². The van der Waals surface area contributed by atoms with Crippen LogP contribution in [0.1, 0.15) is 5.56 Å². The molecule has 0 radical (unpaired) electrons. The van der Waals surface area contributed by atoms with Crippen molar-refractivity contribution in [2.24, 2.45) is 4.40 Å². The minimum Gasteiger partial charge on any atom is -0.364 e. The van der Waals surface area contributed by atoms with E-state index in [0.29, 0.717) is 11.3 Å². The lowest BCUT2D eigenvalue weighted by Gasteiger charge is -2.12. The lowest BCUT2D eigenvalue weighted by atomic mass is 10.2. The molecule has 0 unspecified atom stereocenters. The van der Waals surface area contributed by atoms with Gasteiger partial charge in [-0.2, -0.15) is 8.42 Å². The first-order chi connectivity index (χ1) is 6.48. The smallest absolute Gasteiger partial charge is 0.364 e. The molecule has 1 heterocycles. The highest BCUT2D eigenvalue weighted by Crippen LogP contribution is 2.30. The summed E-state index contributed by atoms with van der Waals surface area (Å²) in [6.07, 6.45) is 1.30. The first kappa shape index (κ1) is 10.6. The van der Waals surface area contributed by atoms with Gasteiger partial charge in [0.25, 0.3) is 0 Å². The normalized spacial score (nSPS) is 17.3. The molecule has 1 aliphatic rings. The van der Waals surface area contributed by atoms with Crippen molar-refractivity contribution in [2.45, 2.75) is 0 Å². The second-order valence-electron chi connectivity index (χ2n) is 2.55. The molecule has 0 bridgehead atoms. The maximum atomic E-state index is 11.0. The Kier molecular flexibility index (Phi) is 2.72. The summed E-state index contributed by atoms with van der Waals surface area (Å²) in [6, 6.07) is 3.66. The van der Waals surface area contributed by atoms with Crippen LogP contribution in [0.2, 0.25) is 0 Å². The van der Waals surface area contributed by atoms with Crippen LogP contribution in [-0.2, 0) is 10.3 Å². The standard InChI is InChI=1S/C7H3I2NO3S/c8-5-1-4-3-10-14(11,12)13-7(4)6(9)2-5/h1-3H. The molecule has 1 aliphatic heterocycles. The van der Waals surface area contributed by atoms with E-state index in [2.05, 4.69) is 27.0 Å². The van der Waals surface area contributed by atoms with Crippen molar-refractivity contribution in [3.8, 4) is 5.75 Å². The Labute approximate surface area is 108 Å². The highest BCUT2D eigenvalue weighted by atomic mass is 127. The highest BCUT2D eigenvalue weighted by molar-refractivity contribution is 14.1. The number of benzene rings is 1. The predicted molar refractivity (Wildman–Crippen MR) is 69.0 cm³/mol. The van der Waals surface area contributed by atoms with Gasteiger partial charge in [0.1, 0.15) is 0 Å². The number of hydrogen-bond donors (Lipinski definition) is 0. The zero-order valence-corrected chi connectivity index (χ0v) is 11.7. The van der Waals surface area contributed by atoms with E-state index in [0.717, 1.165) is 7.14 Å². The maximum Gasteiger partial charge on any atom is 0.428 e. The summed E-state index contributed by atoms with van der Waals surface area (Å²) in [5.74, 6) is 0.362. The molecule has 0 aromatic heterocycles. The van der Waals surface area contributed by atoms with Crippen LogP contribution in [0.5, 0.6) is 5.75 Å². The van der Waals surface area contributed by atoms with E-state index in [1.165, 1.54) is 6.21 Å². The Bertz CT molecular complexity index is 524. The largest absolute Gasteiger partial charge is 0.428 e. The molecule has 0 saturated heterocycles. The summed E-state index contributed by atoms with van der Waals surface area (Å²) < 4.78 is 31.9. The van der Waals surface area contributed by atoms with E-state index in [9.17, 15) is 8.42 Å². The number of fused-ring (bicyclic) bond motifs is 1. The molecule has 1 aromatic rings. The van der Waals surface area contributed by atoms with Crippen molar-refractivity contribution >= 4 is 61.7 Å². The van der Waals surface area contributed by atoms with Gasteiger partial charge < -0.3 is 4.18 Å². The molecule has 0 aliphatic carbocycles. The molecule has 1 aromatic carbocycles. The van der Waals surface area contributed by atoms with Gasteiger partial charge in [0.2, 0.25) is 0 Å². The fourth-order valence-electron chi connectivity index (χ4n) is 1.01. The molecule has 14 heavy (non-hydrogen) atoms. The molecule has 7 heteroatoms. The molecule has 2 rings (SSSR count). The fourth-order valence-corrected chi connectivity index (χ4v) is 3.84. The SMILES string of the molecule is O=S1(=O)N=Cc2cc(I)cc(I)c2O1. The number of nitrogens with zero attached hydrogens (tertiary/aromatic N) is 1. The molecule has 4 nitrogen and oxygen atoms in total. The van der Waals surface area contributed by atoms with Crippen molar-refractivity contribution in [1.29, 1.82) is 0 Å². The predicted octanol–water partition coefficient (Wildman–Crippen LogP) is 1.95. The first-order valence-corrected chi connectivity index (χ1v) is 6.99. The lowest BCUT2D eigenvalue weighted by molar-refractivity contribution is 0.483. The minimum atomic E-state index is -3.77. The third kappa shape index (κ3) is 2.03. The van der Waals surface area contributed by atoms with Crippen LogP contribution >= 0.6 is 45.2 Å². The molecular weight excluding hydrogens is 432 g/mol. The van der Waals surface area contributed by atoms with Crippen molar-refractivity contribution < 1.29 is 12.6 Å². The average molecular weight is 435 g/mol. The van der Waals surface area contributed by atoms with Gasteiger partial charge in [0.05, 0.1) is 9.78 Å². The number of hydrogen-bond acceptors (Lipinski definition) is 3. The molecule has 0 amide bonds. The summed E-state index contributed by atoms with van der Waals surface area (Å²) in [7, 11) is -3.77. The summed E-state index contributed by atoms with van der Waals surface area (Å²) in [4.78, 5) is 0. The van der Waals surface area contributed by atoms with E-state index in [4.69, 9.17) is 4.18 Å².